The molecule has 1 N–H and O–H groups in total. The summed E-state index contributed by atoms with van der Waals surface area (Å²) in [4.78, 5) is 29.7. The maximum absolute atomic E-state index is 12.6. The standard InChI is InChI=1S/C21H21BrCl2N4O3/c1-4-27(18(30)10-25-13(3)29)16-8-7-15(23)14(19(16)24)11-31-17-6-5-9-28-20(22)12(2)26-21(17)28/h5-9H,4,10-11H2,1-3H3,(H,25,29). The van der Waals surface area contributed by atoms with Gasteiger partial charge in [0.1, 0.15) is 11.2 Å². The Balaban J connectivity index is 1.88. The van der Waals surface area contributed by atoms with E-state index in [1.807, 2.05) is 36.6 Å². The molecule has 2 aromatic heterocycles. The van der Waals surface area contributed by atoms with Crippen LogP contribution in [0.2, 0.25) is 10.0 Å². The molecule has 0 aliphatic rings. The number of hydrogen-bond donors (Lipinski definition) is 1. The van der Waals surface area contributed by atoms with Crippen LogP contribution in [0.25, 0.3) is 5.65 Å². The lowest BCUT2D eigenvalue weighted by Gasteiger charge is -2.24. The summed E-state index contributed by atoms with van der Waals surface area (Å²) < 4.78 is 8.74. The van der Waals surface area contributed by atoms with Gasteiger partial charge in [0, 0.05) is 30.3 Å². The van der Waals surface area contributed by atoms with Crippen molar-refractivity contribution in [2.45, 2.75) is 27.4 Å². The first-order chi connectivity index (χ1) is 14.7. The monoisotopic (exact) mass is 526 g/mol. The van der Waals surface area contributed by atoms with E-state index in [0.717, 1.165) is 10.3 Å². The van der Waals surface area contributed by atoms with Crippen LogP contribution in [0.3, 0.4) is 0 Å². The van der Waals surface area contributed by atoms with E-state index in [9.17, 15) is 9.59 Å². The van der Waals surface area contributed by atoms with Gasteiger partial charge in [-0.05, 0) is 54.0 Å². The Morgan fingerprint density at radius 1 is 1.29 bits per heavy atom. The van der Waals surface area contributed by atoms with Crippen molar-refractivity contribution in [2.24, 2.45) is 0 Å². The summed E-state index contributed by atoms with van der Waals surface area (Å²) in [5.74, 6) is 0.00919. The number of aromatic nitrogens is 2. The minimum Gasteiger partial charge on any atom is -0.485 e. The first-order valence-electron chi connectivity index (χ1n) is 9.52. The van der Waals surface area contributed by atoms with E-state index >= 15 is 0 Å². The van der Waals surface area contributed by atoms with Crippen LogP contribution in [0.1, 0.15) is 25.1 Å². The lowest BCUT2D eigenvalue weighted by atomic mass is 10.2. The SMILES string of the molecule is CCN(C(=O)CNC(C)=O)c1ccc(Cl)c(COc2cccn3c(Br)c(C)nc23)c1Cl. The van der Waals surface area contributed by atoms with Crippen molar-refractivity contribution in [3.05, 3.63) is 56.4 Å². The van der Waals surface area contributed by atoms with E-state index in [-0.39, 0.29) is 25.0 Å². The number of rotatable bonds is 7. The molecule has 2 amide bonds. The van der Waals surface area contributed by atoms with E-state index in [1.165, 1.54) is 11.8 Å². The van der Waals surface area contributed by atoms with E-state index in [2.05, 4.69) is 26.2 Å². The number of likely N-dealkylation sites (N-methyl/N-ethyl adjacent to an activating group) is 1. The van der Waals surface area contributed by atoms with Crippen molar-refractivity contribution in [1.29, 1.82) is 0 Å². The number of aryl methyl sites for hydroxylation is 1. The van der Waals surface area contributed by atoms with Crippen LogP contribution < -0.4 is 15.0 Å². The van der Waals surface area contributed by atoms with Crippen molar-refractivity contribution < 1.29 is 14.3 Å². The summed E-state index contributed by atoms with van der Waals surface area (Å²) in [6.07, 6.45) is 1.88. The lowest BCUT2D eigenvalue weighted by Crippen LogP contribution is -2.39. The highest BCUT2D eigenvalue weighted by atomic mass is 79.9. The quantitative estimate of drug-likeness (QED) is 0.479. The van der Waals surface area contributed by atoms with Gasteiger partial charge in [0.2, 0.25) is 11.8 Å². The molecule has 0 spiro atoms. The van der Waals surface area contributed by atoms with Crippen molar-refractivity contribution in [2.75, 3.05) is 18.0 Å². The second-order valence-electron chi connectivity index (χ2n) is 6.75. The van der Waals surface area contributed by atoms with Gasteiger partial charge in [-0.25, -0.2) is 4.98 Å². The summed E-state index contributed by atoms with van der Waals surface area (Å²) in [7, 11) is 0. The van der Waals surface area contributed by atoms with E-state index in [1.54, 1.807) is 12.1 Å². The second-order valence-corrected chi connectivity index (χ2v) is 8.29. The Morgan fingerprint density at radius 2 is 2.03 bits per heavy atom. The molecular formula is C21H21BrCl2N4O3. The van der Waals surface area contributed by atoms with E-state index in [0.29, 0.717) is 39.2 Å². The molecule has 3 aromatic rings. The van der Waals surface area contributed by atoms with Gasteiger partial charge >= 0.3 is 0 Å². The third kappa shape index (κ3) is 4.97. The molecule has 0 atom stereocenters. The van der Waals surface area contributed by atoms with Crippen molar-refractivity contribution in [3.8, 4) is 5.75 Å². The van der Waals surface area contributed by atoms with Crippen LogP contribution in [0.4, 0.5) is 5.69 Å². The Bertz CT molecular complexity index is 1150. The predicted molar refractivity (Wildman–Crippen MR) is 125 cm³/mol. The number of hydrogen-bond acceptors (Lipinski definition) is 4. The van der Waals surface area contributed by atoms with Gasteiger partial charge in [-0.1, -0.05) is 23.2 Å². The first-order valence-corrected chi connectivity index (χ1v) is 11.1. The largest absolute Gasteiger partial charge is 0.485 e. The molecule has 0 bridgehead atoms. The van der Waals surface area contributed by atoms with Crippen LogP contribution in [-0.4, -0.2) is 34.3 Å². The average Bonchev–Trinajstić information content (AvgIpc) is 3.03. The van der Waals surface area contributed by atoms with Gasteiger partial charge in [0.15, 0.2) is 11.4 Å². The molecule has 0 saturated heterocycles. The Hall–Kier alpha value is -2.29. The van der Waals surface area contributed by atoms with Gasteiger partial charge in [0.25, 0.3) is 0 Å². The molecule has 0 aliphatic heterocycles. The number of benzene rings is 1. The number of pyridine rings is 1. The molecule has 164 valence electrons. The third-order valence-corrected chi connectivity index (χ3v) is 6.38. The molecule has 0 fully saturated rings. The fraction of sp³-hybridized carbons (Fsp3) is 0.286. The summed E-state index contributed by atoms with van der Waals surface area (Å²) in [6.45, 7) is 5.42. The topological polar surface area (TPSA) is 75.9 Å². The third-order valence-electron chi connectivity index (χ3n) is 4.65. The van der Waals surface area contributed by atoms with Crippen LogP contribution >= 0.6 is 39.1 Å². The summed E-state index contributed by atoms with van der Waals surface area (Å²) in [5.41, 5.74) is 2.55. The number of carbonyl (C=O) groups excluding carboxylic acids is 2. The minimum absolute atomic E-state index is 0.0894. The minimum atomic E-state index is -0.282. The van der Waals surface area contributed by atoms with Gasteiger partial charge in [-0.3, -0.25) is 14.0 Å². The predicted octanol–water partition coefficient (Wildman–Crippen LogP) is 4.78. The number of halogens is 3. The molecule has 31 heavy (non-hydrogen) atoms. The fourth-order valence-corrected chi connectivity index (χ4v) is 4.05. The van der Waals surface area contributed by atoms with Gasteiger partial charge in [0.05, 0.1) is 22.9 Å². The van der Waals surface area contributed by atoms with E-state index < -0.39 is 0 Å². The molecule has 0 radical (unpaired) electrons. The van der Waals surface area contributed by atoms with Crippen LogP contribution in [0, 0.1) is 6.92 Å². The molecule has 1 aromatic carbocycles. The zero-order valence-electron chi connectivity index (χ0n) is 17.2. The average molecular weight is 528 g/mol. The van der Waals surface area contributed by atoms with Gasteiger partial charge in [-0.15, -0.1) is 0 Å². The molecule has 0 unspecified atom stereocenters. The molecule has 7 nitrogen and oxygen atoms in total. The lowest BCUT2D eigenvalue weighted by molar-refractivity contribution is -0.123. The molecule has 0 aliphatic carbocycles. The maximum atomic E-state index is 12.6. The molecule has 10 heteroatoms. The number of nitrogens with one attached hydrogen (secondary N) is 1. The Kier molecular flexibility index (Phi) is 7.46. The zero-order chi connectivity index (χ0) is 22.7. The highest BCUT2D eigenvalue weighted by Crippen LogP contribution is 2.35. The van der Waals surface area contributed by atoms with Gasteiger partial charge in [-0.2, -0.15) is 0 Å². The zero-order valence-corrected chi connectivity index (χ0v) is 20.3. The smallest absolute Gasteiger partial charge is 0.246 e. The molecule has 0 saturated carbocycles. The number of imidazole rings is 1. The summed E-state index contributed by atoms with van der Waals surface area (Å²) in [6, 6.07) is 7.02. The number of nitrogens with zero attached hydrogens (tertiary/aromatic N) is 3. The molecular weight excluding hydrogens is 507 g/mol. The Labute approximate surface area is 198 Å². The summed E-state index contributed by atoms with van der Waals surface area (Å²) >= 11 is 16.5. The van der Waals surface area contributed by atoms with Crippen LogP contribution in [0.15, 0.2) is 35.1 Å². The first kappa shape index (κ1) is 23.4. The van der Waals surface area contributed by atoms with Crippen LogP contribution in [0.5, 0.6) is 5.75 Å². The Morgan fingerprint density at radius 3 is 2.71 bits per heavy atom. The maximum Gasteiger partial charge on any atom is 0.246 e. The fourth-order valence-electron chi connectivity index (χ4n) is 3.09. The van der Waals surface area contributed by atoms with Gasteiger partial charge < -0.3 is 15.0 Å². The second kappa shape index (κ2) is 9.89. The van der Waals surface area contributed by atoms with E-state index in [4.69, 9.17) is 27.9 Å². The van der Waals surface area contributed by atoms with Crippen molar-refractivity contribution in [1.82, 2.24) is 14.7 Å². The van der Waals surface area contributed by atoms with Crippen molar-refractivity contribution in [3.63, 3.8) is 0 Å². The number of anilines is 1. The molecule has 3 rings (SSSR count). The summed E-state index contributed by atoms with van der Waals surface area (Å²) in [5, 5.41) is 3.25. The van der Waals surface area contributed by atoms with Crippen molar-refractivity contribution >= 4 is 62.3 Å². The van der Waals surface area contributed by atoms with Crippen LogP contribution in [-0.2, 0) is 16.2 Å². The highest BCUT2D eigenvalue weighted by molar-refractivity contribution is 9.10. The number of amides is 2. The normalized spacial score (nSPS) is 10.9. The highest BCUT2D eigenvalue weighted by Gasteiger charge is 2.21. The number of ether oxygens (including phenoxy) is 1. The number of carbonyl (C=O) groups is 2. The molecule has 2 heterocycles. The number of fused-ring (bicyclic) bond motifs is 1.